The monoisotopic (exact) mass is 403 g/mol. The standard InChI is InChI=1S/C25H25NO2S/c1-6-27-22-14-19(23-8-7-9-29-23)13-21(24-17(4)28-18(5)25(22)24)26-20-11-15(2)10-16(3)12-20/h7-14H,6H2,1-5H3. The third-order valence-electron chi connectivity index (χ3n) is 4.90. The Morgan fingerprint density at radius 1 is 0.931 bits per heavy atom. The maximum absolute atomic E-state index is 6.06. The van der Waals surface area contributed by atoms with Gasteiger partial charge < -0.3 is 9.15 Å². The van der Waals surface area contributed by atoms with Gasteiger partial charge in [-0.1, -0.05) is 12.1 Å². The number of hydrogen-bond acceptors (Lipinski definition) is 4. The van der Waals surface area contributed by atoms with E-state index in [0.29, 0.717) is 6.61 Å². The molecule has 0 saturated carbocycles. The molecule has 29 heavy (non-hydrogen) atoms. The predicted octanol–water partition coefficient (Wildman–Crippen LogP) is 7.03. The molecule has 0 aliphatic rings. The van der Waals surface area contributed by atoms with E-state index in [-0.39, 0.29) is 0 Å². The Hall–Kier alpha value is -2.85. The van der Waals surface area contributed by atoms with Crippen molar-refractivity contribution in [3.63, 3.8) is 0 Å². The molecule has 3 nitrogen and oxygen atoms in total. The zero-order valence-corrected chi connectivity index (χ0v) is 18.3. The Morgan fingerprint density at radius 2 is 1.66 bits per heavy atom. The van der Waals surface area contributed by atoms with Crippen molar-refractivity contribution in [1.82, 2.24) is 0 Å². The van der Waals surface area contributed by atoms with E-state index in [0.717, 1.165) is 44.7 Å². The van der Waals surface area contributed by atoms with Crippen molar-refractivity contribution in [2.24, 2.45) is 4.99 Å². The molecule has 4 aromatic rings. The third-order valence-corrected chi connectivity index (χ3v) is 5.82. The van der Waals surface area contributed by atoms with Crippen molar-refractivity contribution in [3.8, 4) is 16.2 Å². The summed E-state index contributed by atoms with van der Waals surface area (Å²) in [4.78, 5) is 6.25. The summed E-state index contributed by atoms with van der Waals surface area (Å²) in [5, 5.41) is 4.99. The maximum atomic E-state index is 6.06. The molecule has 0 N–H and O–H groups in total. The largest absolute Gasteiger partial charge is 0.493 e. The van der Waals surface area contributed by atoms with E-state index in [2.05, 4.69) is 61.7 Å². The highest BCUT2D eigenvalue weighted by atomic mass is 32.1. The summed E-state index contributed by atoms with van der Waals surface area (Å²) in [6.07, 6.45) is 0. The molecule has 4 heteroatoms. The summed E-state index contributed by atoms with van der Waals surface area (Å²) in [7, 11) is 0. The Labute approximate surface area is 175 Å². The van der Waals surface area contributed by atoms with Crippen LogP contribution in [0.5, 0.6) is 5.75 Å². The van der Waals surface area contributed by atoms with Crippen LogP contribution in [0.4, 0.5) is 5.69 Å². The van der Waals surface area contributed by atoms with Gasteiger partial charge >= 0.3 is 0 Å². The highest BCUT2D eigenvalue weighted by Gasteiger charge is 2.16. The maximum Gasteiger partial charge on any atom is 0.131 e. The molecule has 2 aromatic heterocycles. The summed E-state index contributed by atoms with van der Waals surface area (Å²) in [6, 6.07) is 14.9. The molecule has 0 fully saturated rings. The molecule has 0 radical (unpaired) electrons. The molecule has 4 rings (SSSR count). The molecule has 0 aliphatic heterocycles. The van der Waals surface area contributed by atoms with Crippen LogP contribution in [0.3, 0.4) is 0 Å². The van der Waals surface area contributed by atoms with Crippen LogP contribution in [-0.4, -0.2) is 6.61 Å². The van der Waals surface area contributed by atoms with Crippen LogP contribution in [0.2, 0.25) is 0 Å². The second-order valence-electron chi connectivity index (χ2n) is 7.33. The van der Waals surface area contributed by atoms with Gasteiger partial charge in [0.25, 0.3) is 0 Å². The first kappa shape index (κ1) is 19.5. The first-order valence-electron chi connectivity index (χ1n) is 9.84. The SMILES string of the molecule is CCOc1cc(-c2cccs2)cc(=Nc2cc(C)cc(C)c2)c2c(C)oc(C)c12. The van der Waals surface area contributed by atoms with Gasteiger partial charge in [-0.2, -0.15) is 0 Å². The lowest BCUT2D eigenvalue weighted by Crippen LogP contribution is -2.00. The summed E-state index contributed by atoms with van der Waals surface area (Å²) >= 11 is 1.71. The fourth-order valence-corrected chi connectivity index (χ4v) is 4.58. The molecule has 0 atom stereocenters. The van der Waals surface area contributed by atoms with Gasteiger partial charge in [0, 0.05) is 4.88 Å². The second kappa shape index (κ2) is 7.88. The Kier molecular flexibility index (Phi) is 5.29. The quantitative estimate of drug-likeness (QED) is 0.367. The van der Waals surface area contributed by atoms with Crippen molar-refractivity contribution in [2.75, 3.05) is 6.61 Å². The molecule has 0 amide bonds. The number of benzene rings is 1. The van der Waals surface area contributed by atoms with Gasteiger partial charge in [0.05, 0.1) is 28.4 Å². The van der Waals surface area contributed by atoms with Crippen LogP contribution < -0.4 is 10.1 Å². The molecule has 148 valence electrons. The Morgan fingerprint density at radius 3 is 2.31 bits per heavy atom. The van der Waals surface area contributed by atoms with Crippen molar-refractivity contribution >= 4 is 27.8 Å². The fraction of sp³-hybridized carbons (Fsp3) is 0.240. The Bertz CT molecular complexity index is 1230. The number of nitrogens with zero attached hydrogens (tertiary/aromatic N) is 1. The molecular weight excluding hydrogens is 378 g/mol. The lowest BCUT2D eigenvalue weighted by Gasteiger charge is -2.03. The number of thiophene rings is 1. The van der Waals surface area contributed by atoms with Gasteiger partial charge in [0.2, 0.25) is 0 Å². The van der Waals surface area contributed by atoms with E-state index in [1.54, 1.807) is 11.3 Å². The van der Waals surface area contributed by atoms with Crippen molar-refractivity contribution in [1.29, 1.82) is 0 Å². The lowest BCUT2D eigenvalue weighted by atomic mass is 10.1. The molecule has 0 spiro atoms. The van der Waals surface area contributed by atoms with Crippen LogP contribution in [0.25, 0.3) is 21.2 Å². The zero-order chi connectivity index (χ0) is 20.5. The first-order valence-corrected chi connectivity index (χ1v) is 10.7. The number of fused-ring (bicyclic) bond motifs is 1. The normalized spacial score (nSPS) is 12.0. The van der Waals surface area contributed by atoms with Crippen LogP contribution in [0.1, 0.15) is 29.6 Å². The highest BCUT2D eigenvalue weighted by molar-refractivity contribution is 7.13. The Balaban J connectivity index is 2.15. The highest BCUT2D eigenvalue weighted by Crippen LogP contribution is 2.35. The number of hydrogen-bond donors (Lipinski definition) is 0. The van der Waals surface area contributed by atoms with Crippen LogP contribution in [-0.2, 0) is 0 Å². The van der Waals surface area contributed by atoms with Crippen molar-refractivity contribution in [3.05, 3.63) is 75.8 Å². The fourth-order valence-electron chi connectivity index (χ4n) is 3.86. The molecule has 0 bridgehead atoms. The van der Waals surface area contributed by atoms with E-state index >= 15 is 0 Å². The number of rotatable bonds is 4. The topological polar surface area (TPSA) is 34.7 Å². The van der Waals surface area contributed by atoms with E-state index in [1.807, 2.05) is 20.8 Å². The average Bonchev–Trinajstić information content (AvgIpc) is 3.23. The predicted molar refractivity (Wildman–Crippen MR) is 121 cm³/mol. The minimum absolute atomic E-state index is 0.593. The number of furan rings is 1. The van der Waals surface area contributed by atoms with Crippen LogP contribution in [0, 0.1) is 27.7 Å². The van der Waals surface area contributed by atoms with Gasteiger partial charge in [-0.05, 0) is 87.0 Å². The van der Waals surface area contributed by atoms with Gasteiger partial charge in [-0.3, -0.25) is 0 Å². The summed E-state index contributed by atoms with van der Waals surface area (Å²) in [5.74, 6) is 2.54. The van der Waals surface area contributed by atoms with Gasteiger partial charge in [0.1, 0.15) is 17.3 Å². The molecule has 0 saturated heterocycles. The first-order chi connectivity index (χ1) is 14.0. The average molecular weight is 404 g/mol. The molecule has 0 unspecified atom stereocenters. The van der Waals surface area contributed by atoms with E-state index in [4.69, 9.17) is 14.1 Å². The second-order valence-corrected chi connectivity index (χ2v) is 8.27. The van der Waals surface area contributed by atoms with E-state index < -0.39 is 0 Å². The molecule has 2 aromatic carbocycles. The van der Waals surface area contributed by atoms with Gasteiger partial charge in [0.15, 0.2) is 0 Å². The number of ether oxygens (including phenoxy) is 1. The zero-order valence-electron chi connectivity index (χ0n) is 17.5. The van der Waals surface area contributed by atoms with E-state index in [1.165, 1.54) is 16.0 Å². The number of aryl methyl sites for hydroxylation is 4. The van der Waals surface area contributed by atoms with E-state index in [9.17, 15) is 0 Å². The molecule has 2 heterocycles. The molecule has 0 aliphatic carbocycles. The third kappa shape index (κ3) is 3.85. The van der Waals surface area contributed by atoms with Gasteiger partial charge in [-0.25, -0.2) is 4.99 Å². The smallest absolute Gasteiger partial charge is 0.131 e. The van der Waals surface area contributed by atoms with Crippen LogP contribution >= 0.6 is 11.3 Å². The minimum Gasteiger partial charge on any atom is -0.493 e. The summed E-state index contributed by atoms with van der Waals surface area (Å²) in [5.41, 5.74) is 4.45. The molecular formula is C25H25NO2S. The minimum atomic E-state index is 0.593. The summed E-state index contributed by atoms with van der Waals surface area (Å²) < 4.78 is 12.1. The van der Waals surface area contributed by atoms with Gasteiger partial charge in [-0.15, -0.1) is 11.3 Å². The van der Waals surface area contributed by atoms with Crippen LogP contribution in [0.15, 0.2) is 57.3 Å². The lowest BCUT2D eigenvalue weighted by molar-refractivity contribution is 0.344. The van der Waals surface area contributed by atoms with Crippen molar-refractivity contribution < 1.29 is 9.15 Å². The summed E-state index contributed by atoms with van der Waals surface area (Å²) in [6.45, 7) is 10.8. The van der Waals surface area contributed by atoms with Crippen molar-refractivity contribution in [2.45, 2.75) is 34.6 Å².